The highest BCUT2D eigenvalue weighted by Gasteiger charge is 2.13. The third kappa shape index (κ3) is 4.73. The highest BCUT2D eigenvalue weighted by atomic mass is 32.2. The first-order chi connectivity index (χ1) is 8.60. The number of ether oxygens (including phenoxy) is 1. The minimum atomic E-state index is -3.48. The van der Waals surface area contributed by atoms with Crippen molar-refractivity contribution in [3.63, 3.8) is 0 Å². The summed E-state index contributed by atoms with van der Waals surface area (Å²) < 4.78 is 31.2. The van der Waals surface area contributed by atoms with Crippen molar-refractivity contribution in [3.05, 3.63) is 29.8 Å². The van der Waals surface area contributed by atoms with E-state index in [1.807, 2.05) is 0 Å². The van der Waals surface area contributed by atoms with Crippen LogP contribution in [0, 0.1) is 0 Å². The van der Waals surface area contributed by atoms with E-state index in [1.165, 1.54) is 12.1 Å². The van der Waals surface area contributed by atoms with Gasteiger partial charge in [-0.3, -0.25) is 0 Å². The van der Waals surface area contributed by atoms with Crippen molar-refractivity contribution >= 4 is 10.0 Å². The molecule has 0 aliphatic rings. The molecule has 0 aliphatic heterocycles. The first-order valence-corrected chi connectivity index (χ1v) is 7.27. The van der Waals surface area contributed by atoms with Crippen LogP contribution in [-0.4, -0.2) is 33.8 Å². The summed E-state index contributed by atoms with van der Waals surface area (Å²) in [6.07, 6.45) is 1.54. The van der Waals surface area contributed by atoms with Gasteiger partial charge >= 0.3 is 0 Å². The smallest absolute Gasteiger partial charge is 0.240 e. The zero-order valence-electron chi connectivity index (χ0n) is 10.4. The molecular weight excluding hydrogens is 254 g/mol. The van der Waals surface area contributed by atoms with E-state index >= 15 is 0 Å². The van der Waals surface area contributed by atoms with Crippen LogP contribution >= 0.6 is 0 Å². The van der Waals surface area contributed by atoms with Crippen molar-refractivity contribution in [2.45, 2.75) is 24.3 Å². The van der Waals surface area contributed by atoms with Crippen LogP contribution in [0.25, 0.3) is 0 Å². The standard InChI is InChI=1S/C12H19NO4S/c1-17-8-3-2-7-13-18(15,16)12-6-4-5-11(9-12)10-14/h4-6,9,13-14H,2-3,7-8,10H2,1H3. The lowest BCUT2D eigenvalue weighted by molar-refractivity contribution is 0.193. The maximum atomic E-state index is 11.9. The largest absolute Gasteiger partial charge is 0.392 e. The summed E-state index contributed by atoms with van der Waals surface area (Å²) in [7, 11) is -1.87. The van der Waals surface area contributed by atoms with Gasteiger partial charge in [0.1, 0.15) is 0 Å². The normalized spacial score (nSPS) is 11.7. The Hall–Kier alpha value is -0.950. The Balaban J connectivity index is 2.57. The van der Waals surface area contributed by atoms with Crippen LogP contribution < -0.4 is 4.72 Å². The summed E-state index contributed by atoms with van der Waals surface area (Å²) in [4.78, 5) is 0.181. The van der Waals surface area contributed by atoms with Crippen LogP contribution in [0.15, 0.2) is 29.2 Å². The summed E-state index contributed by atoms with van der Waals surface area (Å²) in [5.74, 6) is 0. The molecule has 1 aromatic rings. The van der Waals surface area contributed by atoms with Crippen LogP contribution in [0.2, 0.25) is 0 Å². The Bertz CT molecular complexity index is 459. The van der Waals surface area contributed by atoms with Gasteiger partial charge in [0.05, 0.1) is 11.5 Å². The quantitative estimate of drug-likeness (QED) is 0.690. The van der Waals surface area contributed by atoms with Gasteiger partial charge in [-0.05, 0) is 30.5 Å². The molecule has 2 N–H and O–H groups in total. The highest BCUT2D eigenvalue weighted by molar-refractivity contribution is 7.89. The number of unbranched alkanes of at least 4 members (excludes halogenated alkanes) is 1. The average Bonchev–Trinajstić information content (AvgIpc) is 2.38. The van der Waals surface area contributed by atoms with E-state index in [0.717, 1.165) is 12.8 Å². The SMILES string of the molecule is COCCCCNS(=O)(=O)c1cccc(CO)c1. The molecule has 0 spiro atoms. The topological polar surface area (TPSA) is 75.6 Å². The number of aliphatic hydroxyl groups excluding tert-OH is 1. The molecule has 18 heavy (non-hydrogen) atoms. The van der Waals surface area contributed by atoms with Gasteiger partial charge in [-0.2, -0.15) is 0 Å². The molecule has 0 amide bonds. The molecule has 6 heteroatoms. The van der Waals surface area contributed by atoms with E-state index in [-0.39, 0.29) is 11.5 Å². The fourth-order valence-corrected chi connectivity index (χ4v) is 2.62. The molecule has 0 atom stereocenters. The highest BCUT2D eigenvalue weighted by Crippen LogP contribution is 2.11. The molecule has 102 valence electrons. The molecule has 1 aromatic carbocycles. The van der Waals surface area contributed by atoms with Crippen molar-refractivity contribution < 1.29 is 18.3 Å². The molecule has 5 nitrogen and oxygen atoms in total. The van der Waals surface area contributed by atoms with E-state index in [2.05, 4.69) is 4.72 Å². The summed E-state index contributed by atoms with van der Waals surface area (Å²) in [5, 5.41) is 8.97. The number of rotatable bonds is 8. The maximum Gasteiger partial charge on any atom is 0.240 e. The fourth-order valence-electron chi connectivity index (χ4n) is 1.47. The van der Waals surface area contributed by atoms with Gasteiger partial charge in [0.2, 0.25) is 10.0 Å². The fraction of sp³-hybridized carbons (Fsp3) is 0.500. The Morgan fingerprint density at radius 3 is 2.78 bits per heavy atom. The number of hydrogen-bond acceptors (Lipinski definition) is 4. The molecule has 0 saturated heterocycles. The Morgan fingerprint density at radius 1 is 1.33 bits per heavy atom. The van der Waals surface area contributed by atoms with Gasteiger partial charge in [-0.1, -0.05) is 12.1 Å². The van der Waals surface area contributed by atoms with Crippen LogP contribution in [-0.2, 0) is 21.4 Å². The monoisotopic (exact) mass is 273 g/mol. The van der Waals surface area contributed by atoms with Gasteiger partial charge < -0.3 is 9.84 Å². The zero-order chi connectivity index (χ0) is 13.4. The van der Waals surface area contributed by atoms with E-state index in [1.54, 1.807) is 19.2 Å². The summed E-state index contributed by atoms with van der Waals surface area (Å²) in [5.41, 5.74) is 0.581. The second kappa shape index (κ2) is 7.48. The van der Waals surface area contributed by atoms with Crippen LogP contribution in [0.4, 0.5) is 0 Å². The lowest BCUT2D eigenvalue weighted by Crippen LogP contribution is -2.25. The van der Waals surface area contributed by atoms with E-state index in [0.29, 0.717) is 18.7 Å². The van der Waals surface area contributed by atoms with Crippen molar-refractivity contribution in [1.82, 2.24) is 4.72 Å². The van der Waals surface area contributed by atoms with Crippen LogP contribution in [0.1, 0.15) is 18.4 Å². The van der Waals surface area contributed by atoms with E-state index < -0.39 is 10.0 Å². The van der Waals surface area contributed by atoms with Gasteiger partial charge in [-0.25, -0.2) is 13.1 Å². The van der Waals surface area contributed by atoms with Crippen molar-refractivity contribution in [2.24, 2.45) is 0 Å². The number of methoxy groups -OCH3 is 1. The number of benzene rings is 1. The molecule has 0 heterocycles. The second-order valence-corrected chi connectivity index (χ2v) is 5.67. The maximum absolute atomic E-state index is 11.9. The predicted octanol–water partition coefficient (Wildman–Crippen LogP) is 0.884. The number of aliphatic hydroxyl groups is 1. The summed E-state index contributed by atoms with van der Waals surface area (Å²) >= 11 is 0. The van der Waals surface area contributed by atoms with Crippen LogP contribution in [0.3, 0.4) is 0 Å². The number of sulfonamides is 1. The second-order valence-electron chi connectivity index (χ2n) is 3.90. The lowest BCUT2D eigenvalue weighted by atomic mass is 10.2. The first kappa shape index (κ1) is 15.1. The third-order valence-electron chi connectivity index (χ3n) is 2.46. The van der Waals surface area contributed by atoms with Gasteiger partial charge in [-0.15, -0.1) is 0 Å². The van der Waals surface area contributed by atoms with E-state index in [9.17, 15) is 8.42 Å². The van der Waals surface area contributed by atoms with Crippen molar-refractivity contribution in [3.8, 4) is 0 Å². The Morgan fingerprint density at radius 2 is 2.11 bits per heavy atom. The molecule has 0 radical (unpaired) electrons. The Labute approximate surface area is 108 Å². The molecular formula is C12H19NO4S. The lowest BCUT2D eigenvalue weighted by Gasteiger charge is -2.07. The summed E-state index contributed by atoms with van der Waals surface area (Å²) in [6.45, 7) is 0.841. The summed E-state index contributed by atoms with van der Waals surface area (Å²) in [6, 6.07) is 6.27. The molecule has 0 bridgehead atoms. The predicted molar refractivity (Wildman–Crippen MR) is 68.7 cm³/mol. The molecule has 0 aromatic heterocycles. The molecule has 0 aliphatic carbocycles. The number of hydrogen-bond donors (Lipinski definition) is 2. The molecule has 0 saturated carbocycles. The molecule has 0 unspecified atom stereocenters. The molecule has 1 rings (SSSR count). The number of nitrogens with one attached hydrogen (secondary N) is 1. The zero-order valence-corrected chi connectivity index (χ0v) is 11.2. The molecule has 0 fully saturated rings. The van der Waals surface area contributed by atoms with Crippen molar-refractivity contribution in [1.29, 1.82) is 0 Å². The van der Waals surface area contributed by atoms with Gasteiger partial charge in [0.25, 0.3) is 0 Å². The average molecular weight is 273 g/mol. The van der Waals surface area contributed by atoms with E-state index in [4.69, 9.17) is 9.84 Å². The minimum Gasteiger partial charge on any atom is -0.392 e. The third-order valence-corrected chi connectivity index (χ3v) is 3.92. The van der Waals surface area contributed by atoms with Gasteiger partial charge in [0.15, 0.2) is 0 Å². The Kier molecular flexibility index (Phi) is 6.28. The van der Waals surface area contributed by atoms with Gasteiger partial charge in [0, 0.05) is 20.3 Å². The van der Waals surface area contributed by atoms with Crippen molar-refractivity contribution in [2.75, 3.05) is 20.3 Å². The minimum absolute atomic E-state index is 0.169. The first-order valence-electron chi connectivity index (χ1n) is 5.78. The van der Waals surface area contributed by atoms with Crippen LogP contribution in [0.5, 0.6) is 0 Å².